The minimum Gasteiger partial charge on any atom is -0.372 e. The first-order valence-corrected chi connectivity index (χ1v) is 8.30. The second-order valence-corrected chi connectivity index (χ2v) is 6.83. The number of ether oxygens (including phenoxy) is 1. The fourth-order valence-corrected chi connectivity index (χ4v) is 3.42. The van der Waals surface area contributed by atoms with Crippen molar-refractivity contribution in [2.24, 2.45) is 5.92 Å². The number of likely N-dealkylation sites (tertiary alicyclic amines) is 1. The first kappa shape index (κ1) is 16.9. The molecule has 0 aromatic heterocycles. The molecule has 1 saturated heterocycles. The molecule has 1 saturated carbocycles. The van der Waals surface area contributed by atoms with Crippen molar-refractivity contribution in [2.75, 3.05) is 20.2 Å². The molecule has 3 atom stereocenters. The maximum absolute atomic E-state index is 13.2. The highest BCUT2D eigenvalue weighted by atomic mass is 19.1. The zero-order valence-electron chi connectivity index (χ0n) is 14.0. The van der Waals surface area contributed by atoms with E-state index in [0.717, 1.165) is 12.0 Å². The van der Waals surface area contributed by atoms with Crippen LogP contribution in [0.5, 0.6) is 0 Å². The molecule has 3 rings (SSSR count). The second kappa shape index (κ2) is 6.51. The van der Waals surface area contributed by atoms with Gasteiger partial charge in [-0.25, -0.2) is 4.39 Å². The minimum absolute atomic E-state index is 0.0554. The summed E-state index contributed by atoms with van der Waals surface area (Å²) in [6.07, 6.45) is 1.31. The molecule has 2 amide bonds. The maximum Gasteiger partial charge on any atom is 0.249 e. The molecule has 1 aromatic rings. The fourth-order valence-electron chi connectivity index (χ4n) is 3.42. The number of fused-ring (bicyclic) bond motifs is 1. The van der Waals surface area contributed by atoms with Crippen molar-refractivity contribution in [1.29, 1.82) is 0 Å². The van der Waals surface area contributed by atoms with Crippen LogP contribution in [0.4, 0.5) is 4.39 Å². The Morgan fingerprint density at radius 3 is 3.00 bits per heavy atom. The molecule has 0 bridgehead atoms. The number of hydrogen-bond acceptors (Lipinski definition) is 3. The van der Waals surface area contributed by atoms with Gasteiger partial charge in [0, 0.05) is 32.5 Å². The van der Waals surface area contributed by atoms with Gasteiger partial charge in [-0.2, -0.15) is 0 Å². The number of benzene rings is 1. The SMILES string of the molecule is COC(C)C(=O)N[C@]12C[C@H]1CN(C(=O)CCc1cccc(F)c1)C2. The summed E-state index contributed by atoms with van der Waals surface area (Å²) in [4.78, 5) is 26.2. The van der Waals surface area contributed by atoms with E-state index in [9.17, 15) is 14.0 Å². The summed E-state index contributed by atoms with van der Waals surface area (Å²) in [6.45, 7) is 2.95. The van der Waals surface area contributed by atoms with Crippen LogP contribution in [0.2, 0.25) is 0 Å². The van der Waals surface area contributed by atoms with Crippen LogP contribution in [0.3, 0.4) is 0 Å². The van der Waals surface area contributed by atoms with Crippen LogP contribution in [0.15, 0.2) is 24.3 Å². The number of carbonyl (C=O) groups is 2. The van der Waals surface area contributed by atoms with Crippen molar-refractivity contribution in [3.8, 4) is 0 Å². The van der Waals surface area contributed by atoms with Crippen molar-refractivity contribution in [3.63, 3.8) is 0 Å². The summed E-state index contributed by atoms with van der Waals surface area (Å²) in [6, 6.07) is 6.34. The largest absolute Gasteiger partial charge is 0.372 e. The average molecular weight is 334 g/mol. The second-order valence-electron chi connectivity index (χ2n) is 6.83. The Hall–Kier alpha value is -1.95. The van der Waals surface area contributed by atoms with Crippen LogP contribution >= 0.6 is 0 Å². The van der Waals surface area contributed by atoms with Gasteiger partial charge in [0.25, 0.3) is 0 Å². The standard InChI is InChI=1S/C18H23FN2O3/c1-12(24-2)17(23)20-18-9-14(18)10-21(11-18)16(22)7-6-13-4-3-5-15(19)8-13/h3-5,8,12,14H,6-7,9-11H2,1-2H3,(H,20,23)/t12?,14-,18-/m0/s1. The molecule has 5 nitrogen and oxygen atoms in total. The molecule has 130 valence electrons. The molecule has 6 heteroatoms. The predicted molar refractivity (Wildman–Crippen MR) is 86.8 cm³/mol. The molecule has 1 N–H and O–H groups in total. The fraction of sp³-hybridized carbons (Fsp3) is 0.556. The number of rotatable bonds is 6. The van der Waals surface area contributed by atoms with Crippen molar-refractivity contribution in [3.05, 3.63) is 35.6 Å². The van der Waals surface area contributed by atoms with Crippen LogP contribution < -0.4 is 5.32 Å². The Morgan fingerprint density at radius 2 is 2.29 bits per heavy atom. The molecule has 1 heterocycles. The summed E-state index contributed by atoms with van der Waals surface area (Å²) >= 11 is 0. The summed E-state index contributed by atoms with van der Waals surface area (Å²) in [7, 11) is 1.50. The molecule has 1 aliphatic heterocycles. The number of halogens is 1. The van der Waals surface area contributed by atoms with Gasteiger partial charge in [0.2, 0.25) is 11.8 Å². The maximum atomic E-state index is 13.2. The summed E-state index contributed by atoms with van der Waals surface area (Å²) in [5.74, 6) is -0.0196. The molecule has 1 aliphatic carbocycles. The van der Waals surface area contributed by atoms with Crippen LogP contribution in [0.1, 0.15) is 25.3 Å². The smallest absolute Gasteiger partial charge is 0.249 e. The van der Waals surface area contributed by atoms with E-state index in [-0.39, 0.29) is 23.2 Å². The molecule has 0 spiro atoms. The highest BCUT2D eigenvalue weighted by Gasteiger charge is 2.61. The third kappa shape index (κ3) is 3.43. The molecule has 0 radical (unpaired) electrons. The predicted octanol–water partition coefficient (Wildman–Crippen LogP) is 1.51. The van der Waals surface area contributed by atoms with E-state index < -0.39 is 6.10 Å². The highest BCUT2D eigenvalue weighted by molar-refractivity contribution is 5.82. The topological polar surface area (TPSA) is 58.6 Å². The zero-order chi connectivity index (χ0) is 17.3. The van der Waals surface area contributed by atoms with Gasteiger partial charge < -0.3 is 15.0 Å². The first-order valence-electron chi connectivity index (χ1n) is 8.30. The summed E-state index contributed by atoms with van der Waals surface area (Å²) in [5.41, 5.74) is 0.558. The number of aryl methyl sites for hydroxylation is 1. The van der Waals surface area contributed by atoms with Crippen LogP contribution in [-0.4, -0.2) is 48.6 Å². The van der Waals surface area contributed by atoms with Gasteiger partial charge in [-0.15, -0.1) is 0 Å². The number of methoxy groups -OCH3 is 1. The van der Waals surface area contributed by atoms with Gasteiger partial charge in [-0.3, -0.25) is 9.59 Å². The van der Waals surface area contributed by atoms with E-state index in [1.807, 2.05) is 11.0 Å². The van der Waals surface area contributed by atoms with Gasteiger partial charge in [-0.05, 0) is 37.5 Å². The van der Waals surface area contributed by atoms with Crippen molar-refractivity contribution in [2.45, 2.75) is 37.8 Å². The lowest BCUT2D eigenvalue weighted by atomic mass is 10.1. The van der Waals surface area contributed by atoms with E-state index in [1.165, 1.54) is 19.2 Å². The van der Waals surface area contributed by atoms with Crippen LogP contribution in [-0.2, 0) is 20.7 Å². The van der Waals surface area contributed by atoms with Crippen molar-refractivity contribution in [1.82, 2.24) is 10.2 Å². The Balaban J connectivity index is 1.51. The Kier molecular flexibility index (Phi) is 4.58. The number of amides is 2. The third-order valence-corrected chi connectivity index (χ3v) is 5.11. The number of hydrogen-bond donors (Lipinski definition) is 1. The van der Waals surface area contributed by atoms with E-state index >= 15 is 0 Å². The number of piperidine rings is 1. The first-order chi connectivity index (χ1) is 11.4. The third-order valence-electron chi connectivity index (χ3n) is 5.11. The number of carbonyl (C=O) groups excluding carboxylic acids is 2. The highest BCUT2D eigenvalue weighted by Crippen LogP contribution is 2.49. The van der Waals surface area contributed by atoms with Gasteiger partial charge in [0.1, 0.15) is 11.9 Å². The van der Waals surface area contributed by atoms with E-state index in [2.05, 4.69) is 5.32 Å². The lowest BCUT2D eigenvalue weighted by molar-refractivity contribution is -0.133. The molecule has 1 aromatic carbocycles. The lowest BCUT2D eigenvalue weighted by Crippen LogP contribution is -2.47. The van der Waals surface area contributed by atoms with Crippen LogP contribution in [0, 0.1) is 11.7 Å². The number of nitrogens with one attached hydrogen (secondary N) is 1. The Bertz CT molecular complexity index is 651. The van der Waals surface area contributed by atoms with Gasteiger partial charge in [0.15, 0.2) is 0 Å². The van der Waals surface area contributed by atoms with Crippen molar-refractivity contribution < 1.29 is 18.7 Å². The van der Waals surface area contributed by atoms with Crippen LogP contribution in [0.25, 0.3) is 0 Å². The normalized spacial score (nSPS) is 26.0. The summed E-state index contributed by atoms with van der Waals surface area (Å²) < 4.78 is 18.2. The summed E-state index contributed by atoms with van der Waals surface area (Å²) in [5, 5.41) is 3.04. The molecule has 24 heavy (non-hydrogen) atoms. The minimum atomic E-state index is -0.488. The average Bonchev–Trinajstić information content (AvgIpc) is 3.11. The zero-order valence-corrected chi connectivity index (χ0v) is 14.0. The molecule has 2 fully saturated rings. The lowest BCUT2D eigenvalue weighted by Gasteiger charge is -2.23. The van der Waals surface area contributed by atoms with E-state index in [0.29, 0.717) is 31.8 Å². The van der Waals surface area contributed by atoms with E-state index in [1.54, 1.807) is 13.0 Å². The molecule has 2 aliphatic rings. The van der Waals surface area contributed by atoms with Gasteiger partial charge >= 0.3 is 0 Å². The monoisotopic (exact) mass is 334 g/mol. The molecular formula is C18H23FN2O3. The molecule has 1 unspecified atom stereocenters. The Labute approximate surface area is 141 Å². The quantitative estimate of drug-likeness (QED) is 0.858. The Morgan fingerprint density at radius 1 is 1.50 bits per heavy atom. The molecular weight excluding hydrogens is 311 g/mol. The van der Waals surface area contributed by atoms with Gasteiger partial charge in [-0.1, -0.05) is 12.1 Å². The van der Waals surface area contributed by atoms with E-state index in [4.69, 9.17) is 4.74 Å². The van der Waals surface area contributed by atoms with Gasteiger partial charge in [0.05, 0.1) is 5.54 Å². The number of nitrogens with zero attached hydrogens (tertiary/aromatic N) is 1. The van der Waals surface area contributed by atoms with Crippen molar-refractivity contribution >= 4 is 11.8 Å².